The van der Waals surface area contributed by atoms with E-state index in [0.717, 1.165) is 6.20 Å². The van der Waals surface area contributed by atoms with Gasteiger partial charge < -0.3 is 4.74 Å². The van der Waals surface area contributed by atoms with Crippen LogP contribution in [0.15, 0.2) is 39.4 Å². The van der Waals surface area contributed by atoms with Crippen LogP contribution in [0.25, 0.3) is 0 Å². The molecule has 102 valence electrons. The quantitative estimate of drug-likeness (QED) is 0.437. The SMILES string of the molecule is O=Cc1cc(Oc2ncc([N+](=O)[O-])cc2Br)ccc1Br. The summed E-state index contributed by atoms with van der Waals surface area (Å²) in [5.74, 6) is 0.576. The Labute approximate surface area is 130 Å². The fourth-order valence-corrected chi connectivity index (χ4v) is 2.14. The molecule has 6 nitrogen and oxygen atoms in total. The van der Waals surface area contributed by atoms with Crippen LogP contribution in [0.1, 0.15) is 10.4 Å². The van der Waals surface area contributed by atoms with Crippen LogP contribution < -0.4 is 4.74 Å². The van der Waals surface area contributed by atoms with Gasteiger partial charge in [0.25, 0.3) is 5.69 Å². The van der Waals surface area contributed by atoms with Gasteiger partial charge in [0.05, 0.1) is 9.40 Å². The standard InChI is InChI=1S/C12H6Br2N2O4/c13-10-2-1-9(3-7(10)6-17)20-12-11(14)4-8(5-15-12)16(18)19/h1-6H. The fourth-order valence-electron chi connectivity index (χ4n) is 1.38. The van der Waals surface area contributed by atoms with Gasteiger partial charge in [0.1, 0.15) is 11.9 Å². The normalized spacial score (nSPS) is 10.1. The van der Waals surface area contributed by atoms with Crippen molar-refractivity contribution in [2.45, 2.75) is 0 Å². The van der Waals surface area contributed by atoms with Crippen LogP contribution >= 0.6 is 31.9 Å². The molecule has 0 radical (unpaired) electrons. The number of benzene rings is 1. The Hall–Kier alpha value is -1.80. The molecule has 0 bridgehead atoms. The lowest BCUT2D eigenvalue weighted by atomic mass is 10.2. The molecule has 0 atom stereocenters. The highest BCUT2D eigenvalue weighted by Crippen LogP contribution is 2.31. The van der Waals surface area contributed by atoms with Crippen LogP contribution in [0.4, 0.5) is 5.69 Å². The van der Waals surface area contributed by atoms with Crippen molar-refractivity contribution in [2.75, 3.05) is 0 Å². The predicted molar refractivity (Wildman–Crippen MR) is 78.2 cm³/mol. The molecule has 0 N–H and O–H groups in total. The first-order valence-corrected chi connectivity index (χ1v) is 6.82. The Balaban J connectivity index is 2.30. The van der Waals surface area contributed by atoms with E-state index in [1.54, 1.807) is 12.1 Å². The lowest BCUT2D eigenvalue weighted by molar-refractivity contribution is -0.385. The van der Waals surface area contributed by atoms with Gasteiger partial charge in [-0.3, -0.25) is 14.9 Å². The number of hydrogen-bond acceptors (Lipinski definition) is 5. The van der Waals surface area contributed by atoms with Crippen LogP contribution in [-0.2, 0) is 0 Å². The number of carbonyl (C=O) groups excluding carboxylic acids is 1. The van der Waals surface area contributed by atoms with Gasteiger partial charge in [0, 0.05) is 16.1 Å². The molecular weight excluding hydrogens is 396 g/mol. The third-order valence-electron chi connectivity index (χ3n) is 2.31. The number of nitrogens with zero attached hydrogens (tertiary/aromatic N) is 2. The molecule has 0 aliphatic rings. The second kappa shape index (κ2) is 6.10. The number of aldehydes is 1. The minimum absolute atomic E-state index is 0.145. The molecule has 0 aliphatic heterocycles. The highest BCUT2D eigenvalue weighted by molar-refractivity contribution is 9.10. The van der Waals surface area contributed by atoms with E-state index in [-0.39, 0.29) is 11.6 Å². The van der Waals surface area contributed by atoms with Crippen LogP contribution in [0, 0.1) is 10.1 Å². The van der Waals surface area contributed by atoms with Crippen molar-refractivity contribution in [2.24, 2.45) is 0 Å². The third kappa shape index (κ3) is 3.20. The molecule has 0 saturated heterocycles. The Morgan fingerprint density at radius 3 is 2.60 bits per heavy atom. The molecular formula is C12H6Br2N2O4. The van der Waals surface area contributed by atoms with E-state index in [9.17, 15) is 14.9 Å². The minimum Gasteiger partial charge on any atom is -0.438 e. The molecule has 1 heterocycles. The summed E-state index contributed by atoms with van der Waals surface area (Å²) in [6.07, 6.45) is 1.79. The van der Waals surface area contributed by atoms with E-state index in [1.165, 1.54) is 12.1 Å². The smallest absolute Gasteiger partial charge is 0.288 e. The zero-order valence-corrected chi connectivity index (χ0v) is 12.9. The maximum atomic E-state index is 10.8. The fraction of sp³-hybridized carbons (Fsp3) is 0. The van der Waals surface area contributed by atoms with Gasteiger partial charge >= 0.3 is 0 Å². The van der Waals surface area contributed by atoms with E-state index < -0.39 is 4.92 Å². The number of hydrogen-bond donors (Lipinski definition) is 0. The number of nitro groups is 1. The zero-order chi connectivity index (χ0) is 14.7. The van der Waals surface area contributed by atoms with Crippen molar-refractivity contribution in [3.05, 3.63) is 55.1 Å². The predicted octanol–water partition coefficient (Wildman–Crippen LogP) is 4.12. The molecule has 0 aliphatic carbocycles. The average Bonchev–Trinajstić information content (AvgIpc) is 2.42. The molecule has 0 fully saturated rings. The van der Waals surface area contributed by atoms with Gasteiger partial charge in [0.15, 0.2) is 6.29 Å². The van der Waals surface area contributed by atoms with Crippen LogP contribution in [-0.4, -0.2) is 16.2 Å². The number of aromatic nitrogens is 1. The molecule has 2 aromatic rings. The van der Waals surface area contributed by atoms with E-state index in [2.05, 4.69) is 36.8 Å². The minimum atomic E-state index is -0.550. The van der Waals surface area contributed by atoms with Crippen molar-refractivity contribution in [3.63, 3.8) is 0 Å². The van der Waals surface area contributed by atoms with Crippen molar-refractivity contribution >= 4 is 43.8 Å². The first-order valence-electron chi connectivity index (χ1n) is 5.24. The summed E-state index contributed by atoms with van der Waals surface area (Å²) < 4.78 is 6.48. The summed E-state index contributed by atoms with van der Waals surface area (Å²) in [7, 11) is 0. The Kier molecular flexibility index (Phi) is 4.46. The number of carbonyl (C=O) groups is 1. The van der Waals surface area contributed by atoms with E-state index in [4.69, 9.17) is 4.74 Å². The number of halogens is 2. The molecule has 0 unspecified atom stereocenters. The molecule has 8 heteroatoms. The highest BCUT2D eigenvalue weighted by atomic mass is 79.9. The molecule has 20 heavy (non-hydrogen) atoms. The van der Waals surface area contributed by atoms with Gasteiger partial charge in [-0.05, 0) is 34.1 Å². The summed E-state index contributed by atoms with van der Waals surface area (Å²) in [5, 5.41) is 10.6. The number of ether oxygens (including phenoxy) is 1. The van der Waals surface area contributed by atoms with E-state index in [1.807, 2.05) is 0 Å². The summed E-state index contributed by atoms with van der Waals surface area (Å²) in [6.45, 7) is 0. The molecule has 2 rings (SSSR count). The van der Waals surface area contributed by atoms with Gasteiger partial charge in [-0.15, -0.1) is 0 Å². The molecule has 0 spiro atoms. The van der Waals surface area contributed by atoms with Gasteiger partial charge in [-0.1, -0.05) is 15.9 Å². The second-order valence-electron chi connectivity index (χ2n) is 3.64. The lowest BCUT2D eigenvalue weighted by Gasteiger charge is -2.07. The van der Waals surface area contributed by atoms with Crippen molar-refractivity contribution < 1.29 is 14.5 Å². The van der Waals surface area contributed by atoms with Gasteiger partial charge in [0.2, 0.25) is 5.88 Å². The molecule has 0 saturated carbocycles. The zero-order valence-electron chi connectivity index (χ0n) is 9.75. The summed E-state index contributed by atoms with van der Waals surface area (Å²) in [6, 6.07) is 6.14. The summed E-state index contributed by atoms with van der Waals surface area (Å²) >= 11 is 6.38. The Morgan fingerprint density at radius 2 is 2.00 bits per heavy atom. The largest absolute Gasteiger partial charge is 0.438 e. The first-order chi connectivity index (χ1) is 9.51. The monoisotopic (exact) mass is 400 g/mol. The van der Waals surface area contributed by atoms with Crippen LogP contribution in [0.2, 0.25) is 0 Å². The van der Waals surface area contributed by atoms with Crippen LogP contribution in [0.3, 0.4) is 0 Å². The first kappa shape index (κ1) is 14.6. The average molecular weight is 402 g/mol. The Morgan fingerprint density at radius 1 is 1.25 bits per heavy atom. The molecule has 1 aromatic carbocycles. The summed E-state index contributed by atoms with van der Waals surface area (Å²) in [4.78, 5) is 24.7. The van der Waals surface area contributed by atoms with Crippen molar-refractivity contribution in [3.8, 4) is 11.6 Å². The topological polar surface area (TPSA) is 82.3 Å². The molecule has 0 amide bonds. The summed E-state index contributed by atoms with van der Waals surface area (Å²) in [5.41, 5.74) is 0.286. The van der Waals surface area contributed by atoms with Gasteiger partial charge in [-0.25, -0.2) is 4.98 Å². The van der Waals surface area contributed by atoms with Crippen molar-refractivity contribution in [1.82, 2.24) is 4.98 Å². The maximum absolute atomic E-state index is 10.8. The van der Waals surface area contributed by atoms with E-state index in [0.29, 0.717) is 26.5 Å². The number of rotatable bonds is 4. The van der Waals surface area contributed by atoms with E-state index >= 15 is 0 Å². The maximum Gasteiger partial charge on any atom is 0.288 e. The second-order valence-corrected chi connectivity index (χ2v) is 5.35. The highest BCUT2D eigenvalue weighted by Gasteiger charge is 2.12. The molecule has 1 aromatic heterocycles. The van der Waals surface area contributed by atoms with Crippen LogP contribution in [0.5, 0.6) is 11.6 Å². The number of pyridine rings is 1. The lowest BCUT2D eigenvalue weighted by Crippen LogP contribution is -1.94. The van der Waals surface area contributed by atoms with Gasteiger partial charge in [-0.2, -0.15) is 0 Å². The Bertz CT molecular complexity index is 691. The third-order valence-corrected chi connectivity index (χ3v) is 3.60. The van der Waals surface area contributed by atoms with Crippen molar-refractivity contribution in [1.29, 1.82) is 0 Å².